The SMILES string of the molecule is Cc1ccc(C(=O)CCC(=O)NCCc2ccc(N)cc2)cc1.Cl. The number of benzene rings is 2. The maximum atomic E-state index is 12.0. The Morgan fingerprint density at radius 3 is 2.21 bits per heavy atom. The minimum absolute atomic E-state index is 0. The van der Waals surface area contributed by atoms with E-state index in [2.05, 4.69) is 5.32 Å². The molecule has 5 heteroatoms. The average Bonchev–Trinajstić information content (AvgIpc) is 2.55. The number of aryl methyl sites for hydroxylation is 1. The van der Waals surface area contributed by atoms with Gasteiger partial charge in [-0.2, -0.15) is 0 Å². The lowest BCUT2D eigenvalue weighted by molar-refractivity contribution is -0.121. The molecule has 0 aliphatic carbocycles. The lowest BCUT2D eigenvalue weighted by atomic mass is 10.0. The molecule has 0 aromatic heterocycles. The maximum absolute atomic E-state index is 12.0. The highest BCUT2D eigenvalue weighted by Crippen LogP contribution is 2.08. The van der Waals surface area contributed by atoms with E-state index in [0.717, 1.165) is 23.2 Å². The Morgan fingerprint density at radius 1 is 0.958 bits per heavy atom. The van der Waals surface area contributed by atoms with Crippen LogP contribution >= 0.6 is 12.4 Å². The molecule has 0 saturated carbocycles. The van der Waals surface area contributed by atoms with Crippen molar-refractivity contribution >= 4 is 29.8 Å². The molecule has 0 heterocycles. The first-order valence-corrected chi connectivity index (χ1v) is 7.75. The highest BCUT2D eigenvalue weighted by Gasteiger charge is 2.09. The number of nitrogens with two attached hydrogens (primary N) is 1. The standard InChI is InChI=1S/C19H22N2O2.ClH/c1-14-2-6-16(7-3-14)18(22)10-11-19(23)21-13-12-15-4-8-17(20)9-5-15;/h2-9H,10-13,20H2,1H3,(H,21,23);1H. The van der Waals surface area contributed by atoms with E-state index in [1.54, 1.807) is 12.1 Å². The smallest absolute Gasteiger partial charge is 0.220 e. The first kappa shape index (κ1) is 19.7. The molecule has 0 fully saturated rings. The van der Waals surface area contributed by atoms with Crippen molar-refractivity contribution in [2.75, 3.05) is 12.3 Å². The van der Waals surface area contributed by atoms with Crippen LogP contribution in [0.25, 0.3) is 0 Å². The van der Waals surface area contributed by atoms with Crippen LogP contribution in [-0.2, 0) is 11.2 Å². The van der Waals surface area contributed by atoms with Crippen LogP contribution < -0.4 is 11.1 Å². The monoisotopic (exact) mass is 346 g/mol. The number of carbonyl (C=O) groups excluding carboxylic acids is 2. The third kappa shape index (κ3) is 6.42. The Morgan fingerprint density at radius 2 is 1.58 bits per heavy atom. The Labute approximate surface area is 148 Å². The van der Waals surface area contributed by atoms with Crippen LogP contribution in [0.5, 0.6) is 0 Å². The van der Waals surface area contributed by atoms with Gasteiger partial charge in [-0.25, -0.2) is 0 Å². The molecule has 2 rings (SSSR count). The summed E-state index contributed by atoms with van der Waals surface area (Å²) >= 11 is 0. The van der Waals surface area contributed by atoms with Crippen molar-refractivity contribution in [2.45, 2.75) is 26.2 Å². The molecule has 4 nitrogen and oxygen atoms in total. The van der Waals surface area contributed by atoms with Crippen LogP contribution in [0, 0.1) is 6.92 Å². The molecule has 0 bridgehead atoms. The summed E-state index contributed by atoms with van der Waals surface area (Å²) in [5, 5.41) is 2.84. The Bertz CT molecular complexity index is 667. The van der Waals surface area contributed by atoms with Gasteiger partial charge >= 0.3 is 0 Å². The summed E-state index contributed by atoms with van der Waals surface area (Å²) < 4.78 is 0. The van der Waals surface area contributed by atoms with Gasteiger partial charge in [-0.1, -0.05) is 42.0 Å². The summed E-state index contributed by atoms with van der Waals surface area (Å²) in [7, 11) is 0. The molecule has 3 N–H and O–H groups in total. The Balaban J connectivity index is 0.00000288. The second-order valence-electron chi connectivity index (χ2n) is 5.63. The summed E-state index contributed by atoms with van der Waals surface area (Å²) in [5.41, 5.74) is 9.25. The number of nitrogens with one attached hydrogen (secondary N) is 1. The zero-order valence-corrected chi connectivity index (χ0v) is 14.6. The number of rotatable bonds is 7. The number of hydrogen-bond donors (Lipinski definition) is 2. The van der Waals surface area contributed by atoms with E-state index in [1.807, 2.05) is 43.3 Å². The number of amides is 1. The molecule has 0 radical (unpaired) electrons. The molecule has 24 heavy (non-hydrogen) atoms. The number of ketones is 1. The molecule has 2 aromatic carbocycles. The van der Waals surface area contributed by atoms with Gasteiger partial charge in [-0.05, 0) is 31.0 Å². The van der Waals surface area contributed by atoms with Crippen LogP contribution in [0.1, 0.15) is 34.3 Å². The molecular formula is C19H23ClN2O2. The van der Waals surface area contributed by atoms with E-state index in [9.17, 15) is 9.59 Å². The average molecular weight is 347 g/mol. The fraction of sp³-hybridized carbons (Fsp3) is 0.263. The van der Waals surface area contributed by atoms with Gasteiger partial charge in [0.25, 0.3) is 0 Å². The summed E-state index contributed by atoms with van der Waals surface area (Å²) in [4.78, 5) is 23.8. The maximum Gasteiger partial charge on any atom is 0.220 e. The summed E-state index contributed by atoms with van der Waals surface area (Å²) in [6.45, 7) is 2.53. The van der Waals surface area contributed by atoms with Gasteiger partial charge < -0.3 is 11.1 Å². The van der Waals surface area contributed by atoms with E-state index < -0.39 is 0 Å². The lowest BCUT2D eigenvalue weighted by Gasteiger charge is -2.06. The third-order valence-electron chi connectivity index (χ3n) is 3.67. The normalized spacial score (nSPS) is 9.88. The predicted molar refractivity (Wildman–Crippen MR) is 99.6 cm³/mol. The first-order chi connectivity index (χ1) is 11.0. The van der Waals surface area contributed by atoms with Crippen molar-refractivity contribution in [3.63, 3.8) is 0 Å². The van der Waals surface area contributed by atoms with Gasteiger partial charge in [0.2, 0.25) is 5.91 Å². The van der Waals surface area contributed by atoms with Gasteiger partial charge in [0, 0.05) is 30.6 Å². The Kier molecular flexibility index (Phi) is 7.99. The minimum Gasteiger partial charge on any atom is -0.399 e. The molecular weight excluding hydrogens is 324 g/mol. The van der Waals surface area contributed by atoms with E-state index in [-0.39, 0.29) is 36.9 Å². The van der Waals surface area contributed by atoms with E-state index >= 15 is 0 Å². The predicted octanol–water partition coefficient (Wildman–Crippen LogP) is 3.32. The fourth-order valence-electron chi connectivity index (χ4n) is 2.23. The van der Waals surface area contributed by atoms with Gasteiger partial charge in [-0.15, -0.1) is 12.4 Å². The largest absolute Gasteiger partial charge is 0.399 e. The van der Waals surface area contributed by atoms with E-state index in [0.29, 0.717) is 12.1 Å². The van der Waals surface area contributed by atoms with Gasteiger partial charge in [0.15, 0.2) is 5.78 Å². The molecule has 0 saturated heterocycles. The van der Waals surface area contributed by atoms with Crippen LogP contribution in [0.3, 0.4) is 0 Å². The van der Waals surface area contributed by atoms with Gasteiger partial charge in [-0.3, -0.25) is 9.59 Å². The molecule has 2 aromatic rings. The van der Waals surface area contributed by atoms with Crippen molar-refractivity contribution < 1.29 is 9.59 Å². The lowest BCUT2D eigenvalue weighted by Crippen LogP contribution is -2.26. The molecule has 1 amide bonds. The second-order valence-corrected chi connectivity index (χ2v) is 5.63. The molecule has 128 valence electrons. The quantitative estimate of drug-likeness (QED) is 0.596. The highest BCUT2D eigenvalue weighted by molar-refractivity contribution is 5.97. The summed E-state index contributed by atoms with van der Waals surface area (Å²) in [5.74, 6) is -0.0976. The first-order valence-electron chi connectivity index (χ1n) is 7.75. The van der Waals surface area contributed by atoms with Crippen molar-refractivity contribution in [3.8, 4) is 0 Å². The molecule has 0 unspecified atom stereocenters. The number of nitrogen functional groups attached to an aromatic ring is 1. The van der Waals surface area contributed by atoms with Crippen molar-refractivity contribution in [1.29, 1.82) is 0 Å². The molecule has 0 atom stereocenters. The summed E-state index contributed by atoms with van der Waals surface area (Å²) in [6.07, 6.45) is 1.20. The van der Waals surface area contributed by atoms with Crippen molar-refractivity contribution in [3.05, 3.63) is 65.2 Å². The van der Waals surface area contributed by atoms with Crippen LogP contribution in [0.15, 0.2) is 48.5 Å². The Hall–Kier alpha value is -2.33. The van der Waals surface area contributed by atoms with Crippen LogP contribution in [-0.4, -0.2) is 18.2 Å². The van der Waals surface area contributed by atoms with Gasteiger partial charge in [0.1, 0.15) is 0 Å². The number of halogens is 1. The minimum atomic E-state index is -0.0964. The highest BCUT2D eigenvalue weighted by atomic mass is 35.5. The summed E-state index contributed by atoms with van der Waals surface area (Å²) in [6, 6.07) is 15.0. The third-order valence-corrected chi connectivity index (χ3v) is 3.67. The van der Waals surface area contributed by atoms with Gasteiger partial charge in [0.05, 0.1) is 0 Å². The zero-order chi connectivity index (χ0) is 16.7. The number of anilines is 1. The van der Waals surface area contributed by atoms with Crippen LogP contribution in [0.4, 0.5) is 5.69 Å². The van der Waals surface area contributed by atoms with E-state index in [4.69, 9.17) is 5.73 Å². The number of carbonyl (C=O) groups is 2. The molecule has 0 aliphatic rings. The number of hydrogen-bond acceptors (Lipinski definition) is 3. The fourth-order valence-corrected chi connectivity index (χ4v) is 2.23. The zero-order valence-electron chi connectivity index (χ0n) is 13.7. The van der Waals surface area contributed by atoms with Crippen LogP contribution in [0.2, 0.25) is 0 Å². The topological polar surface area (TPSA) is 72.2 Å². The molecule has 0 spiro atoms. The number of Topliss-reactive ketones (excluding diaryl/α,β-unsaturated/α-hetero) is 1. The second kappa shape index (κ2) is 9.73. The van der Waals surface area contributed by atoms with Crippen molar-refractivity contribution in [2.24, 2.45) is 0 Å². The molecule has 0 aliphatic heterocycles. The van der Waals surface area contributed by atoms with Crippen molar-refractivity contribution in [1.82, 2.24) is 5.32 Å². The van der Waals surface area contributed by atoms with E-state index in [1.165, 1.54) is 0 Å².